The van der Waals surface area contributed by atoms with Crippen LogP contribution in [0.5, 0.6) is 0 Å². The van der Waals surface area contributed by atoms with Gasteiger partial charge in [-0.2, -0.15) is 0 Å². The van der Waals surface area contributed by atoms with Gasteiger partial charge in [0.25, 0.3) is 0 Å². The smallest absolute Gasteiger partial charge is 0.334 e. The van der Waals surface area contributed by atoms with Crippen molar-refractivity contribution in [1.82, 2.24) is 0 Å². The van der Waals surface area contributed by atoms with Gasteiger partial charge in [0.2, 0.25) is 0 Å². The van der Waals surface area contributed by atoms with E-state index in [1.165, 1.54) is 0 Å². The highest BCUT2D eigenvalue weighted by molar-refractivity contribution is 5.91. The van der Waals surface area contributed by atoms with Gasteiger partial charge in [-0.15, -0.1) is 0 Å². The first-order chi connectivity index (χ1) is 12.8. The van der Waals surface area contributed by atoms with Crippen molar-refractivity contribution in [2.45, 2.75) is 71.1 Å². The zero-order chi connectivity index (χ0) is 19.7. The lowest BCUT2D eigenvalue weighted by Gasteiger charge is -2.27. The third-order valence-corrected chi connectivity index (χ3v) is 5.48. The van der Waals surface area contributed by atoms with Gasteiger partial charge in [-0.1, -0.05) is 32.4 Å². The Hall–Kier alpha value is -1.92. The highest BCUT2D eigenvalue weighted by Crippen LogP contribution is 2.40. The highest BCUT2D eigenvalue weighted by atomic mass is 16.6. The second kappa shape index (κ2) is 7.98. The predicted octanol–water partition coefficient (Wildman–Crippen LogP) is 2.82. The van der Waals surface area contributed by atoms with Gasteiger partial charge >= 0.3 is 11.9 Å². The number of aliphatic hydroxyl groups excluding tert-OH is 1. The van der Waals surface area contributed by atoms with E-state index in [-0.39, 0.29) is 24.0 Å². The van der Waals surface area contributed by atoms with E-state index in [0.717, 1.165) is 18.4 Å². The third-order valence-electron chi connectivity index (χ3n) is 5.48. The fraction of sp³-hybridized carbons (Fsp3) is 0.619. The molecule has 0 aromatic rings. The minimum atomic E-state index is -1.14. The molecule has 6 heteroatoms. The molecule has 4 unspecified atom stereocenters. The molecule has 2 aliphatic heterocycles. The third kappa shape index (κ3) is 4.17. The molecule has 2 heterocycles. The number of esters is 2. The van der Waals surface area contributed by atoms with Crippen molar-refractivity contribution in [2.75, 3.05) is 0 Å². The van der Waals surface area contributed by atoms with E-state index in [4.69, 9.17) is 14.2 Å². The van der Waals surface area contributed by atoms with Crippen LogP contribution in [-0.2, 0) is 23.8 Å². The van der Waals surface area contributed by atoms with E-state index in [2.05, 4.69) is 6.58 Å². The van der Waals surface area contributed by atoms with Crippen LogP contribution in [0, 0.1) is 11.8 Å². The molecule has 148 valence electrons. The SMILES string of the molecule is C=C1C(O)O[C@H]2CC3=CC(C/C(C)=C/[C@@H](OC(=O)C(C)CCC)C12)OC3=O. The van der Waals surface area contributed by atoms with Gasteiger partial charge in [0.1, 0.15) is 12.2 Å². The van der Waals surface area contributed by atoms with Crippen LogP contribution in [0.1, 0.15) is 46.5 Å². The molecule has 27 heavy (non-hydrogen) atoms. The molecule has 1 N–H and O–H groups in total. The number of ether oxygens (including phenoxy) is 3. The molecule has 0 aromatic carbocycles. The molecule has 3 rings (SSSR count). The van der Waals surface area contributed by atoms with E-state index >= 15 is 0 Å². The van der Waals surface area contributed by atoms with Gasteiger partial charge in [0.15, 0.2) is 6.29 Å². The molecule has 2 bridgehead atoms. The Morgan fingerprint density at radius 3 is 2.85 bits per heavy atom. The number of hydrogen-bond acceptors (Lipinski definition) is 6. The lowest BCUT2D eigenvalue weighted by Crippen LogP contribution is -2.34. The summed E-state index contributed by atoms with van der Waals surface area (Å²) < 4.78 is 16.9. The van der Waals surface area contributed by atoms with Crippen molar-refractivity contribution in [3.63, 3.8) is 0 Å². The van der Waals surface area contributed by atoms with Crippen molar-refractivity contribution in [1.29, 1.82) is 0 Å². The van der Waals surface area contributed by atoms with Gasteiger partial charge in [-0.3, -0.25) is 4.79 Å². The van der Waals surface area contributed by atoms with Gasteiger partial charge in [-0.05, 0) is 31.1 Å². The lowest BCUT2D eigenvalue weighted by molar-refractivity contribution is -0.154. The van der Waals surface area contributed by atoms with Crippen molar-refractivity contribution in [3.05, 3.63) is 35.5 Å². The molecule has 1 fully saturated rings. The molecule has 0 aromatic heterocycles. The first kappa shape index (κ1) is 19.8. The largest absolute Gasteiger partial charge is 0.457 e. The van der Waals surface area contributed by atoms with Crippen molar-refractivity contribution < 1.29 is 28.9 Å². The summed E-state index contributed by atoms with van der Waals surface area (Å²) in [6.45, 7) is 9.76. The zero-order valence-electron chi connectivity index (χ0n) is 16.1. The van der Waals surface area contributed by atoms with Crippen LogP contribution in [0.2, 0.25) is 0 Å². The quantitative estimate of drug-likeness (QED) is 0.600. The van der Waals surface area contributed by atoms with Crippen LogP contribution in [0.4, 0.5) is 0 Å². The zero-order valence-corrected chi connectivity index (χ0v) is 16.1. The second-order valence-electron chi connectivity index (χ2n) is 7.78. The predicted molar refractivity (Wildman–Crippen MR) is 98.4 cm³/mol. The van der Waals surface area contributed by atoms with Crippen LogP contribution >= 0.6 is 0 Å². The Bertz CT molecular complexity index is 691. The van der Waals surface area contributed by atoms with E-state index in [0.29, 0.717) is 24.0 Å². The minimum absolute atomic E-state index is 0.207. The molecular weight excluding hydrogens is 348 g/mol. The van der Waals surface area contributed by atoms with Crippen molar-refractivity contribution in [3.8, 4) is 0 Å². The van der Waals surface area contributed by atoms with Crippen LogP contribution in [-0.4, -0.2) is 41.6 Å². The fourth-order valence-corrected chi connectivity index (χ4v) is 4.02. The Labute approximate surface area is 159 Å². The number of carbonyl (C=O) groups excluding carboxylic acids is 2. The summed E-state index contributed by atoms with van der Waals surface area (Å²) >= 11 is 0. The highest BCUT2D eigenvalue weighted by Gasteiger charge is 2.45. The standard InChI is InChI=1S/C21H28O6/c1-5-6-12(3)19(22)26-16-8-11(2)7-15-9-14(21(24)25-15)10-17-18(16)13(4)20(23)27-17/h8-9,12,15-18,20,23H,4-7,10H2,1-3H3/b11-8+/t12?,15?,16-,17+,18?,20?/m1/s1. The maximum atomic E-state index is 12.6. The van der Waals surface area contributed by atoms with Crippen molar-refractivity contribution >= 4 is 11.9 Å². The maximum absolute atomic E-state index is 12.6. The number of rotatable bonds is 4. The number of aliphatic hydroxyl groups is 1. The average molecular weight is 376 g/mol. The van der Waals surface area contributed by atoms with Gasteiger partial charge < -0.3 is 19.3 Å². The van der Waals surface area contributed by atoms with E-state index in [1.54, 1.807) is 0 Å². The summed E-state index contributed by atoms with van der Waals surface area (Å²) in [6, 6.07) is 0. The van der Waals surface area contributed by atoms with Crippen LogP contribution in [0.15, 0.2) is 35.5 Å². The summed E-state index contributed by atoms with van der Waals surface area (Å²) in [5.41, 5.74) is 1.95. The van der Waals surface area contributed by atoms with Crippen LogP contribution in [0.3, 0.4) is 0 Å². The van der Waals surface area contributed by atoms with E-state index < -0.39 is 24.4 Å². The Morgan fingerprint density at radius 1 is 1.41 bits per heavy atom. The van der Waals surface area contributed by atoms with Gasteiger partial charge in [0, 0.05) is 18.4 Å². The molecular formula is C21H28O6. The van der Waals surface area contributed by atoms with Gasteiger partial charge in [-0.25, -0.2) is 4.79 Å². The summed E-state index contributed by atoms with van der Waals surface area (Å²) in [4.78, 5) is 24.7. The molecule has 0 radical (unpaired) electrons. The fourth-order valence-electron chi connectivity index (χ4n) is 4.02. The first-order valence-corrected chi connectivity index (χ1v) is 9.61. The summed E-state index contributed by atoms with van der Waals surface area (Å²) in [5.74, 6) is -1.25. The molecule has 6 nitrogen and oxygen atoms in total. The molecule has 0 amide bonds. The van der Waals surface area contributed by atoms with Crippen molar-refractivity contribution in [2.24, 2.45) is 11.8 Å². The summed E-state index contributed by atoms with van der Waals surface area (Å²) in [6.07, 6.45) is 3.62. The molecule has 1 aliphatic carbocycles. The molecule has 3 aliphatic rings. The van der Waals surface area contributed by atoms with Crippen LogP contribution in [0.25, 0.3) is 0 Å². The molecule has 1 saturated heterocycles. The van der Waals surface area contributed by atoms with Gasteiger partial charge in [0.05, 0.1) is 17.9 Å². The second-order valence-corrected chi connectivity index (χ2v) is 7.78. The average Bonchev–Trinajstić information content (AvgIpc) is 3.06. The Morgan fingerprint density at radius 2 is 2.15 bits per heavy atom. The molecule has 0 spiro atoms. The summed E-state index contributed by atoms with van der Waals surface area (Å²) in [5, 5.41) is 10.2. The first-order valence-electron chi connectivity index (χ1n) is 9.61. The number of fused-ring (bicyclic) bond motifs is 2. The molecule has 0 saturated carbocycles. The van der Waals surface area contributed by atoms with E-state index in [9.17, 15) is 14.7 Å². The molecule has 6 atom stereocenters. The Balaban J connectivity index is 1.91. The maximum Gasteiger partial charge on any atom is 0.334 e. The number of hydrogen-bond donors (Lipinski definition) is 1. The summed E-state index contributed by atoms with van der Waals surface area (Å²) in [7, 11) is 0. The van der Waals surface area contributed by atoms with E-state index in [1.807, 2.05) is 32.9 Å². The monoisotopic (exact) mass is 376 g/mol. The lowest BCUT2D eigenvalue weighted by atomic mass is 9.85. The topological polar surface area (TPSA) is 82.1 Å². The minimum Gasteiger partial charge on any atom is -0.457 e. The van der Waals surface area contributed by atoms with Crippen LogP contribution < -0.4 is 0 Å². The normalized spacial score (nSPS) is 36.2. The number of carbonyl (C=O) groups is 2. The Kier molecular flexibility index (Phi) is 5.86.